The molecule has 3 heterocycles. The number of nitrogens with one attached hydrogen (secondary N) is 2. The van der Waals surface area contributed by atoms with Crippen molar-refractivity contribution in [1.29, 1.82) is 0 Å². The first-order valence-electron chi connectivity index (χ1n) is 12.1. The molecule has 6 amide bonds. The van der Waals surface area contributed by atoms with Crippen LogP contribution in [0.15, 0.2) is 5.38 Å². The number of hydrogen-bond acceptors (Lipinski definition) is 11. The summed E-state index contributed by atoms with van der Waals surface area (Å²) in [6.07, 6.45) is 6.10. The third kappa shape index (κ3) is 8.34. The van der Waals surface area contributed by atoms with Gasteiger partial charge in [0.25, 0.3) is 5.91 Å². The van der Waals surface area contributed by atoms with Crippen LogP contribution in [0.2, 0.25) is 0 Å². The summed E-state index contributed by atoms with van der Waals surface area (Å²) >= 11 is 0.969. The Morgan fingerprint density at radius 3 is 2.41 bits per heavy atom. The summed E-state index contributed by atoms with van der Waals surface area (Å²) in [5.74, 6) is -3.94. The molecule has 1 aromatic heterocycles. The number of rotatable bonds is 12. The van der Waals surface area contributed by atoms with Crippen LogP contribution in [0.3, 0.4) is 0 Å². The van der Waals surface area contributed by atoms with Gasteiger partial charge in [-0.15, -0.1) is 11.3 Å². The summed E-state index contributed by atoms with van der Waals surface area (Å²) in [4.78, 5) is 69.1. The second-order valence-corrected chi connectivity index (χ2v) is 11.1. The first kappa shape index (κ1) is 32.9. The van der Waals surface area contributed by atoms with E-state index in [9.17, 15) is 36.9 Å². The molecule has 2 saturated heterocycles. The molecule has 3 rings (SSSR count). The molecule has 0 radical (unpaired) electrons. The summed E-state index contributed by atoms with van der Waals surface area (Å²) in [6, 6.07) is -3.86. The fourth-order valence-corrected chi connectivity index (χ4v) is 5.30. The average molecular weight is 596 g/mol. The first-order chi connectivity index (χ1) is 17.9. The molecule has 0 saturated carbocycles. The predicted octanol–water partition coefficient (Wildman–Crippen LogP) is -3.70. The Hall–Kier alpha value is -2.31. The standard InChI is InChI=1S/C21H31N7O8S2.Na/c1-2-3-4-5-6-7-8-26-9-10-27(19(32)18(26)31)21(33)25-15(14-12-37-20(22)24-14)16(29)23-13-11-28(17(13)30)38(34,35)36;/h12-13,15H,2-11H2,1H3,(H2,22,24)(H,23,29)(H,25,33)(H,34,35,36);/q;+1/p-1. The summed E-state index contributed by atoms with van der Waals surface area (Å²) in [7, 11) is -5.01. The molecule has 1 aromatic rings. The monoisotopic (exact) mass is 595 g/mol. The van der Waals surface area contributed by atoms with Gasteiger partial charge in [-0.3, -0.25) is 24.1 Å². The normalized spacial score (nSPS) is 18.4. The number of urea groups is 1. The maximum Gasteiger partial charge on any atom is 1.00 e. The summed E-state index contributed by atoms with van der Waals surface area (Å²) < 4.78 is 33.1. The molecule has 2 aliphatic rings. The Morgan fingerprint density at radius 2 is 1.82 bits per heavy atom. The zero-order valence-corrected chi connectivity index (χ0v) is 25.4. The van der Waals surface area contributed by atoms with Crippen molar-refractivity contribution in [2.24, 2.45) is 0 Å². The van der Waals surface area contributed by atoms with Crippen LogP contribution in [0.4, 0.5) is 9.93 Å². The average Bonchev–Trinajstić information content (AvgIpc) is 3.29. The molecule has 0 spiro atoms. The number of thiazole rings is 1. The maximum atomic E-state index is 12.9. The largest absolute Gasteiger partial charge is 1.00 e. The number of imide groups is 1. The maximum absolute atomic E-state index is 12.9. The molecule has 2 aliphatic heterocycles. The van der Waals surface area contributed by atoms with Gasteiger partial charge in [0, 0.05) is 25.0 Å². The third-order valence-electron chi connectivity index (χ3n) is 6.18. The van der Waals surface area contributed by atoms with Crippen LogP contribution < -0.4 is 45.9 Å². The van der Waals surface area contributed by atoms with Gasteiger partial charge in [-0.2, -0.15) is 0 Å². The Bertz CT molecular complexity index is 1190. The first-order valence-corrected chi connectivity index (χ1v) is 14.4. The van der Waals surface area contributed by atoms with E-state index in [0.29, 0.717) is 11.4 Å². The van der Waals surface area contributed by atoms with Gasteiger partial charge in [0.15, 0.2) is 21.5 Å². The smallest absolute Gasteiger partial charge is 0.731 e. The van der Waals surface area contributed by atoms with Crippen molar-refractivity contribution in [3.8, 4) is 0 Å². The van der Waals surface area contributed by atoms with Gasteiger partial charge >= 0.3 is 47.4 Å². The number of unbranched alkanes of at least 4 members (excludes halogenated alkanes) is 5. The molecule has 210 valence electrons. The number of carbonyl (C=O) groups is 5. The fourth-order valence-electron chi connectivity index (χ4n) is 4.03. The van der Waals surface area contributed by atoms with Gasteiger partial charge < -0.3 is 25.8 Å². The predicted molar refractivity (Wildman–Crippen MR) is 133 cm³/mol. The van der Waals surface area contributed by atoms with Crippen LogP contribution in [0.5, 0.6) is 0 Å². The molecule has 0 aliphatic carbocycles. The van der Waals surface area contributed by atoms with E-state index in [-0.39, 0.29) is 57.8 Å². The Morgan fingerprint density at radius 1 is 1.15 bits per heavy atom. The molecule has 39 heavy (non-hydrogen) atoms. The molecule has 15 nitrogen and oxygen atoms in total. The number of anilines is 1. The zero-order valence-electron chi connectivity index (χ0n) is 21.8. The minimum atomic E-state index is -5.01. The molecule has 2 fully saturated rings. The number of amides is 6. The number of nitrogen functional groups attached to an aromatic ring is 1. The summed E-state index contributed by atoms with van der Waals surface area (Å²) in [5, 5.41) is 6.03. The van der Waals surface area contributed by atoms with Gasteiger partial charge in [0.1, 0.15) is 6.04 Å². The number of nitrogens with two attached hydrogens (primary N) is 1. The molecule has 4 N–H and O–H groups in total. The van der Waals surface area contributed by atoms with Crippen LogP contribution in [-0.2, 0) is 29.5 Å². The topological polar surface area (TPSA) is 215 Å². The van der Waals surface area contributed by atoms with E-state index in [4.69, 9.17) is 5.73 Å². The molecular weight excluding hydrogens is 565 g/mol. The van der Waals surface area contributed by atoms with Crippen molar-refractivity contribution in [3.63, 3.8) is 0 Å². The Labute approximate surface area is 252 Å². The van der Waals surface area contributed by atoms with E-state index in [1.165, 1.54) is 10.3 Å². The van der Waals surface area contributed by atoms with Gasteiger partial charge in [-0.05, 0) is 6.42 Å². The van der Waals surface area contributed by atoms with E-state index in [1.807, 2.05) is 0 Å². The van der Waals surface area contributed by atoms with Gasteiger partial charge in [-0.25, -0.2) is 22.5 Å². The summed E-state index contributed by atoms with van der Waals surface area (Å²) in [5.41, 5.74) is 5.63. The molecule has 18 heteroatoms. The molecule has 2 unspecified atom stereocenters. The SMILES string of the molecule is CCCCCCCCN1CCN(C(=O)NC(C(=O)NC2CN(S(=O)(=O)[O-])C2=O)c2csc(N)n2)C(=O)C1=O.[Na+]. The van der Waals surface area contributed by atoms with Crippen molar-refractivity contribution >= 4 is 56.4 Å². The second-order valence-electron chi connectivity index (χ2n) is 8.90. The Kier molecular flexibility index (Phi) is 12.1. The number of β-lactam (4-membered cyclic amide) rings is 1. The quantitative estimate of drug-likeness (QED) is 0.0706. The van der Waals surface area contributed by atoms with Crippen molar-refractivity contribution in [2.45, 2.75) is 57.5 Å². The number of piperazine rings is 1. The van der Waals surface area contributed by atoms with E-state index < -0.39 is 58.6 Å². The number of hydrogen-bond donors (Lipinski definition) is 3. The minimum absolute atomic E-state index is 0. The second kappa shape index (κ2) is 14.4. The number of nitrogens with zero attached hydrogens (tertiary/aromatic N) is 4. The minimum Gasteiger partial charge on any atom is -0.731 e. The van der Waals surface area contributed by atoms with Crippen LogP contribution in [-0.4, -0.2) is 93.9 Å². The number of aromatic nitrogens is 1. The zero-order chi connectivity index (χ0) is 28.0. The van der Waals surface area contributed by atoms with Crippen LogP contribution in [0, 0.1) is 0 Å². The molecule has 0 bridgehead atoms. The van der Waals surface area contributed by atoms with Crippen LogP contribution in [0.1, 0.15) is 57.2 Å². The van der Waals surface area contributed by atoms with Gasteiger partial charge in [0.2, 0.25) is 5.91 Å². The molecule has 2 atom stereocenters. The van der Waals surface area contributed by atoms with E-state index in [1.54, 1.807) is 0 Å². The van der Waals surface area contributed by atoms with E-state index >= 15 is 0 Å². The van der Waals surface area contributed by atoms with Crippen molar-refractivity contribution < 1.29 is 66.5 Å². The molecular formula is C21H30N7NaO8S2. The summed E-state index contributed by atoms with van der Waals surface area (Å²) in [6.45, 7) is 2.01. The van der Waals surface area contributed by atoms with Gasteiger partial charge in [0.05, 0.1) is 12.2 Å². The number of carbonyl (C=O) groups excluding carboxylic acids is 5. The van der Waals surface area contributed by atoms with Gasteiger partial charge in [-0.1, -0.05) is 39.0 Å². The van der Waals surface area contributed by atoms with Crippen molar-refractivity contribution in [1.82, 2.24) is 29.7 Å². The third-order valence-corrected chi connectivity index (χ3v) is 7.74. The Balaban J connectivity index is 0.00000533. The van der Waals surface area contributed by atoms with Crippen molar-refractivity contribution in [3.05, 3.63) is 11.1 Å². The fraction of sp³-hybridized carbons (Fsp3) is 0.619. The van der Waals surface area contributed by atoms with E-state index in [0.717, 1.165) is 49.9 Å². The van der Waals surface area contributed by atoms with E-state index in [2.05, 4.69) is 22.5 Å². The van der Waals surface area contributed by atoms with Crippen molar-refractivity contribution in [2.75, 3.05) is 31.9 Å². The van der Waals surface area contributed by atoms with Crippen LogP contribution >= 0.6 is 11.3 Å². The van der Waals surface area contributed by atoms with Crippen LogP contribution in [0.25, 0.3) is 0 Å². The molecule has 0 aromatic carbocycles.